The van der Waals surface area contributed by atoms with Crippen molar-refractivity contribution in [1.82, 2.24) is 19.2 Å². The molecule has 128 valence electrons. The Labute approximate surface area is 149 Å². The number of hydrogen-bond donors (Lipinski definition) is 0. The van der Waals surface area contributed by atoms with Gasteiger partial charge in [-0.05, 0) is 6.92 Å². The highest BCUT2D eigenvalue weighted by Gasteiger charge is 2.25. The van der Waals surface area contributed by atoms with Crippen LogP contribution in [0.5, 0.6) is 0 Å². The first-order valence-corrected chi connectivity index (χ1v) is 9.01. The van der Waals surface area contributed by atoms with E-state index < -0.39 is 0 Å². The van der Waals surface area contributed by atoms with Gasteiger partial charge in [-0.15, -0.1) is 0 Å². The molecule has 4 rings (SSSR count). The first-order valence-electron chi connectivity index (χ1n) is 8.20. The lowest BCUT2D eigenvalue weighted by Gasteiger charge is -2.32. The third-order valence-corrected chi connectivity index (χ3v) is 5.72. The summed E-state index contributed by atoms with van der Waals surface area (Å²) in [7, 11) is 0. The lowest BCUT2D eigenvalue weighted by molar-refractivity contribution is -0.119. The van der Waals surface area contributed by atoms with E-state index >= 15 is 0 Å². The van der Waals surface area contributed by atoms with E-state index in [9.17, 15) is 9.59 Å². The summed E-state index contributed by atoms with van der Waals surface area (Å²) in [6.45, 7) is 4.29. The summed E-state index contributed by atoms with van der Waals surface area (Å²) in [5, 5.41) is 0. The predicted molar refractivity (Wildman–Crippen MR) is 96.8 cm³/mol. The molecule has 0 saturated carbocycles. The lowest BCUT2D eigenvalue weighted by Crippen LogP contribution is -2.48. The van der Waals surface area contributed by atoms with Gasteiger partial charge in [0, 0.05) is 43.6 Å². The van der Waals surface area contributed by atoms with Crippen LogP contribution in [0.25, 0.3) is 16.2 Å². The Hall–Kier alpha value is -2.67. The lowest BCUT2D eigenvalue weighted by atomic mass is 10.2. The van der Waals surface area contributed by atoms with Crippen LogP contribution in [-0.2, 0) is 4.79 Å². The van der Waals surface area contributed by atoms with Crippen LogP contribution < -0.4 is 0 Å². The van der Waals surface area contributed by atoms with Crippen LogP contribution in [0.4, 0.5) is 0 Å². The maximum Gasteiger partial charge on any atom is 0.265 e. The number of rotatable bonds is 3. The summed E-state index contributed by atoms with van der Waals surface area (Å²) in [5.74, 6) is 0.0276. The first-order chi connectivity index (χ1) is 12.2. The molecule has 0 unspecified atom stereocenters. The molecule has 0 radical (unpaired) electrons. The molecule has 1 aromatic carbocycles. The standard InChI is InChI=1S/C18H18N4O2S/c1-13-16(17(24)21-9-7-20(12-23)8-10-21)25-18-19-15(11-22(13)18)14-5-3-2-4-6-14/h2-6,11-12H,7-10H2,1H3. The molecule has 6 nitrogen and oxygen atoms in total. The first kappa shape index (κ1) is 15.8. The molecule has 25 heavy (non-hydrogen) atoms. The number of carbonyl (C=O) groups is 2. The van der Waals surface area contributed by atoms with Crippen LogP contribution >= 0.6 is 11.3 Å². The van der Waals surface area contributed by atoms with Gasteiger partial charge < -0.3 is 9.80 Å². The summed E-state index contributed by atoms with van der Waals surface area (Å²) >= 11 is 1.43. The highest BCUT2D eigenvalue weighted by atomic mass is 32.1. The van der Waals surface area contributed by atoms with Crippen LogP contribution in [0.2, 0.25) is 0 Å². The second kappa shape index (κ2) is 6.33. The molecule has 3 heterocycles. The van der Waals surface area contributed by atoms with Crippen molar-refractivity contribution in [3.63, 3.8) is 0 Å². The maximum atomic E-state index is 12.8. The molecular weight excluding hydrogens is 336 g/mol. The second-order valence-corrected chi connectivity index (χ2v) is 7.07. The van der Waals surface area contributed by atoms with Gasteiger partial charge in [-0.1, -0.05) is 41.7 Å². The molecule has 1 fully saturated rings. The number of carbonyl (C=O) groups excluding carboxylic acids is 2. The molecule has 2 aromatic heterocycles. The Morgan fingerprint density at radius 2 is 1.88 bits per heavy atom. The fraction of sp³-hybridized carbons (Fsp3) is 0.278. The third-order valence-electron chi connectivity index (χ3n) is 4.57. The normalized spacial score (nSPS) is 14.9. The Kier molecular flexibility index (Phi) is 4.01. The average Bonchev–Trinajstić information content (AvgIpc) is 3.22. The van der Waals surface area contributed by atoms with E-state index in [1.807, 2.05) is 52.8 Å². The number of aryl methyl sites for hydroxylation is 1. The monoisotopic (exact) mass is 354 g/mol. The fourth-order valence-corrected chi connectivity index (χ4v) is 4.15. The van der Waals surface area contributed by atoms with Gasteiger partial charge in [-0.25, -0.2) is 4.98 Å². The van der Waals surface area contributed by atoms with Crippen molar-refractivity contribution < 1.29 is 9.59 Å². The SMILES string of the molecule is Cc1c(C(=O)N2CCN(C=O)CC2)sc2nc(-c3ccccc3)cn12. The number of aromatic nitrogens is 2. The number of imidazole rings is 1. The number of fused-ring (bicyclic) bond motifs is 1. The van der Waals surface area contributed by atoms with Gasteiger partial charge in [0.25, 0.3) is 5.91 Å². The minimum atomic E-state index is 0.0276. The maximum absolute atomic E-state index is 12.8. The zero-order valence-corrected chi connectivity index (χ0v) is 14.7. The van der Waals surface area contributed by atoms with E-state index in [2.05, 4.69) is 4.98 Å². The quantitative estimate of drug-likeness (QED) is 0.678. The smallest absolute Gasteiger partial charge is 0.265 e. The van der Waals surface area contributed by atoms with Gasteiger partial charge in [0.15, 0.2) is 4.96 Å². The molecule has 1 saturated heterocycles. The van der Waals surface area contributed by atoms with Crippen LogP contribution in [0.3, 0.4) is 0 Å². The van der Waals surface area contributed by atoms with Gasteiger partial charge in [0.05, 0.1) is 5.69 Å². The Balaban J connectivity index is 1.61. The Bertz CT molecular complexity index is 923. The molecule has 7 heteroatoms. The summed E-state index contributed by atoms with van der Waals surface area (Å²) in [4.78, 5) is 33.4. The average molecular weight is 354 g/mol. The highest BCUT2D eigenvalue weighted by molar-refractivity contribution is 7.19. The van der Waals surface area contributed by atoms with Crippen molar-refractivity contribution in [2.75, 3.05) is 26.2 Å². The topological polar surface area (TPSA) is 57.9 Å². The number of piperazine rings is 1. The van der Waals surface area contributed by atoms with E-state index in [0.29, 0.717) is 26.2 Å². The third kappa shape index (κ3) is 2.80. The summed E-state index contributed by atoms with van der Waals surface area (Å²) in [6, 6.07) is 10.0. The predicted octanol–water partition coefficient (Wildman–Crippen LogP) is 2.29. The summed E-state index contributed by atoms with van der Waals surface area (Å²) in [6.07, 6.45) is 2.83. The number of amides is 2. The van der Waals surface area contributed by atoms with Crippen molar-refractivity contribution in [1.29, 1.82) is 0 Å². The number of nitrogens with zero attached hydrogens (tertiary/aromatic N) is 4. The van der Waals surface area contributed by atoms with E-state index in [1.165, 1.54) is 11.3 Å². The number of benzene rings is 1. The molecule has 1 aliphatic heterocycles. The van der Waals surface area contributed by atoms with Crippen molar-refractivity contribution in [2.45, 2.75) is 6.92 Å². The molecule has 2 amide bonds. The van der Waals surface area contributed by atoms with Crippen molar-refractivity contribution in [3.8, 4) is 11.3 Å². The molecule has 0 aliphatic carbocycles. The van der Waals surface area contributed by atoms with E-state index in [-0.39, 0.29) is 5.91 Å². The molecule has 1 aliphatic rings. The van der Waals surface area contributed by atoms with Gasteiger partial charge in [-0.3, -0.25) is 14.0 Å². The second-order valence-electron chi connectivity index (χ2n) is 6.09. The van der Waals surface area contributed by atoms with E-state index in [0.717, 1.165) is 33.2 Å². The minimum Gasteiger partial charge on any atom is -0.342 e. The zero-order valence-electron chi connectivity index (χ0n) is 13.9. The molecule has 3 aromatic rings. The van der Waals surface area contributed by atoms with Gasteiger partial charge in [0.1, 0.15) is 4.88 Å². The van der Waals surface area contributed by atoms with Crippen molar-refractivity contribution in [2.24, 2.45) is 0 Å². The van der Waals surface area contributed by atoms with E-state index in [1.54, 1.807) is 4.90 Å². The van der Waals surface area contributed by atoms with Gasteiger partial charge in [0.2, 0.25) is 6.41 Å². The molecule has 0 bridgehead atoms. The molecule has 0 N–H and O–H groups in total. The van der Waals surface area contributed by atoms with Crippen molar-refractivity contribution >= 4 is 28.6 Å². The van der Waals surface area contributed by atoms with Gasteiger partial charge in [-0.2, -0.15) is 0 Å². The van der Waals surface area contributed by atoms with Crippen LogP contribution in [0, 0.1) is 6.92 Å². The summed E-state index contributed by atoms with van der Waals surface area (Å²) < 4.78 is 1.99. The molecular formula is C18H18N4O2S. The zero-order chi connectivity index (χ0) is 17.4. The van der Waals surface area contributed by atoms with Gasteiger partial charge >= 0.3 is 0 Å². The number of hydrogen-bond acceptors (Lipinski definition) is 4. The van der Waals surface area contributed by atoms with E-state index in [4.69, 9.17) is 0 Å². The number of thiazole rings is 1. The summed E-state index contributed by atoms with van der Waals surface area (Å²) in [5.41, 5.74) is 2.89. The largest absolute Gasteiger partial charge is 0.342 e. The highest BCUT2D eigenvalue weighted by Crippen LogP contribution is 2.28. The molecule has 0 atom stereocenters. The Morgan fingerprint density at radius 1 is 1.16 bits per heavy atom. The van der Waals surface area contributed by atoms with Crippen LogP contribution in [-0.4, -0.2) is 57.7 Å². The Morgan fingerprint density at radius 3 is 2.52 bits per heavy atom. The minimum absolute atomic E-state index is 0.0276. The van der Waals surface area contributed by atoms with Crippen molar-refractivity contribution in [3.05, 3.63) is 47.1 Å². The fourth-order valence-electron chi connectivity index (χ4n) is 3.07. The van der Waals surface area contributed by atoms with Crippen LogP contribution in [0.1, 0.15) is 15.4 Å². The van der Waals surface area contributed by atoms with Crippen LogP contribution in [0.15, 0.2) is 36.5 Å². The molecule has 0 spiro atoms.